The summed E-state index contributed by atoms with van der Waals surface area (Å²) >= 11 is 1.45. The Bertz CT molecular complexity index is 829. The monoisotopic (exact) mass is 342 g/mol. The molecule has 0 amide bonds. The van der Waals surface area contributed by atoms with Crippen LogP contribution in [0.2, 0.25) is 0 Å². The van der Waals surface area contributed by atoms with E-state index in [1.165, 1.54) is 30.8 Å². The second-order valence-corrected chi connectivity index (χ2v) is 6.04. The van der Waals surface area contributed by atoms with Crippen molar-refractivity contribution in [1.82, 2.24) is 9.55 Å². The third-order valence-corrected chi connectivity index (χ3v) is 4.22. The van der Waals surface area contributed by atoms with Crippen molar-refractivity contribution in [1.29, 1.82) is 0 Å². The first kappa shape index (κ1) is 16.3. The third kappa shape index (κ3) is 3.83. The van der Waals surface area contributed by atoms with Crippen LogP contribution >= 0.6 is 11.8 Å². The molecule has 0 aliphatic rings. The molecule has 0 fully saturated rings. The maximum absolute atomic E-state index is 13.1. The minimum absolute atomic E-state index is 0.265. The molecular formula is C18H15FN2O2S. The summed E-state index contributed by atoms with van der Waals surface area (Å²) in [5.74, 6) is -0.263. The van der Waals surface area contributed by atoms with E-state index in [9.17, 15) is 9.18 Å². The predicted molar refractivity (Wildman–Crippen MR) is 91.4 cm³/mol. The molecule has 122 valence electrons. The van der Waals surface area contributed by atoms with Crippen molar-refractivity contribution < 1.29 is 13.9 Å². The second kappa shape index (κ2) is 7.31. The van der Waals surface area contributed by atoms with Gasteiger partial charge in [-0.05, 0) is 48.5 Å². The van der Waals surface area contributed by atoms with Crippen LogP contribution in [-0.2, 0) is 9.53 Å². The number of esters is 1. The minimum Gasteiger partial charge on any atom is -0.454 e. The molecule has 6 heteroatoms. The zero-order valence-electron chi connectivity index (χ0n) is 13.0. The lowest BCUT2D eigenvalue weighted by molar-refractivity contribution is -0.138. The van der Waals surface area contributed by atoms with E-state index in [1.807, 2.05) is 28.8 Å². The van der Waals surface area contributed by atoms with Gasteiger partial charge in [0.1, 0.15) is 11.8 Å². The number of carbonyl (C=O) groups is 1. The Hall–Kier alpha value is -2.60. The third-order valence-electron chi connectivity index (χ3n) is 3.38. The SMILES string of the molecule is CC(=O)OCSc1ccc(-n2cncc2-c2ccc(F)cc2)cc1. The lowest BCUT2D eigenvalue weighted by Gasteiger charge is -2.09. The summed E-state index contributed by atoms with van der Waals surface area (Å²) in [6, 6.07) is 14.2. The van der Waals surface area contributed by atoms with E-state index in [0.29, 0.717) is 5.94 Å². The highest BCUT2D eigenvalue weighted by molar-refractivity contribution is 7.99. The molecule has 0 radical (unpaired) electrons. The van der Waals surface area contributed by atoms with E-state index in [4.69, 9.17) is 4.74 Å². The number of ether oxygens (including phenoxy) is 1. The van der Waals surface area contributed by atoms with Gasteiger partial charge in [0.05, 0.1) is 18.2 Å². The van der Waals surface area contributed by atoms with Crippen molar-refractivity contribution in [3.05, 3.63) is 66.9 Å². The average Bonchev–Trinajstić information content (AvgIpc) is 3.05. The molecule has 24 heavy (non-hydrogen) atoms. The average molecular weight is 342 g/mol. The van der Waals surface area contributed by atoms with Crippen molar-refractivity contribution in [3.63, 3.8) is 0 Å². The van der Waals surface area contributed by atoms with E-state index in [2.05, 4.69) is 4.98 Å². The molecule has 4 nitrogen and oxygen atoms in total. The maximum atomic E-state index is 13.1. The Morgan fingerprint density at radius 3 is 2.54 bits per heavy atom. The smallest absolute Gasteiger partial charge is 0.303 e. The number of benzene rings is 2. The summed E-state index contributed by atoms with van der Waals surface area (Å²) in [6.45, 7) is 1.39. The summed E-state index contributed by atoms with van der Waals surface area (Å²) in [5.41, 5.74) is 2.72. The molecular weight excluding hydrogens is 327 g/mol. The Morgan fingerprint density at radius 1 is 1.17 bits per heavy atom. The van der Waals surface area contributed by atoms with Crippen LogP contribution in [0.4, 0.5) is 4.39 Å². The summed E-state index contributed by atoms with van der Waals surface area (Å²) in [4.78, 5) is 16.0. The highest BCUT2D eigenvalue weighted by Gasteiger charge is 2.07. The van der Waals surface area contributed by atoms with E-state index in [-0.39, 0.29) is 11.8 Å². The molecule has 0 N–H and O–H groups in total. The van der Waals surface area contributed by atoms with Gasteiger partial charge in [-0.2, -0.15) is 0 Å². The molecule has 0 saturated heterocycles. The number of imidazole rings is 1. The molecule has 0 bridgehead atoms. The molecule has 0 unspecified atom stereocenters. The number of nitrogens with zero attached hydrogens (tertiary/aromatic N) is 2. The summed E-state index contributed by atoms with van der Waals surface area (Å²) in [6.07, 6.45) is 3.47. The molecule has 1 aromatic heterocycles. The first-order valence-electron chi connectivity index (χ1n) is 7.28. The van der Waals surface area contributed by atoms with Crippen LogP contribution in [0, 0.1) is 5.82 Å². The highest BCUT2D eigenvalue weighted by atomic mass is 32.2. The van der Waals surface area contributed by atoms with Gasteiger partial charge in [-0.1, -0.05) is 11.8 Å². The first-order valence-corrected chi connectivity index (χ1v) is 8.27. The van der Waals surface area contributed by atoms with Crippen LogP contribution in [0.25, 0.3) is 16.9 Å². The zero-order chi connectivity index (χ0) is 16.9. The van der Waals surface area contributed by atoms with Crippen LogP contribution in [0.1, 0.15) is 6.92 Å². The van der Waals surface area contributed by atoms with Crippen molar-refractivity contribution in [2.75, 3.05) is 5.94 Å². The van der Waals surface area contributed by atoms with Crippen molar-refractivity contribution in [3.8, 4) is 16.9 Å². The zero-order valence-corrected chi connectivity index (χ0v) is 13.8. The van der Waals surface area contributed by atoms with Crippen molar-refractivity contribution in [2.24, 2.45) is 0 Å². The number of aromatic nitrogens is 2. The first-order chi connectivity index (χ1) is 11.6. The van der Waals surface area contributed by atoms with Gasteiger partial charge in [-0.3, -0.25) is 9.36 Å². The van der Waals surface area contributed by atoms with Gasteiger partial charge in [-0.15, -0.1) is 0 Å². The molecule has 0 saturated carbocycles. The van der Waals surface area contributed by atoms with Crippen LogP contribution < -0.4 is 0 Å². The maximum Gasteiger partial charge on any atom is 0.303 e. The highest BCUT2D eigenvalue weighted by Crippen LogP contribution is 2.25. The second-order valence-electron chi connectivity index (χ2n) is 5.05. The molecule has 0 aliphatic heterocycles. The number of hydrogen-bond donors (Lipinski definition) is 0. The van der Waals surface area contributed by atoms with Gasteiger partial charge in [0.25, 0.3) is 0 Å². The summed E-state index contributed by atoms with van der Waals surface area (Å²) in [7, 11) is 0. The van der Waals surface area contributed by atoms with Crippen LogP contribution in [0.5, 0.6) is 0 Å². The largest absolute Gasteiger partial charge is 0.454 e. The summed E-state index contributed by atoms with van der Waals surface area (Å²) in [5, 5.41) is 0. The summed E-state index contributed by atoms with van der Waals surface area (Å²) < 4.78 is 19.9. The Balaban J connectivity index is 1.79. The molecule has 1 heterocycles. The van der Waals surface area contributed by atoms with Crippen LogP contribution in [0.15, 0.2) is 66.0 Å². The Kier molecular flexibility index (Phi) is 4.96. The molecule has 2 aromatic carbocycles. The van der Waals surface area contributed by atoms with Crippen molar-refractivity contribution in [2.45, 2.75) is 11.8 Å². The molecule has 0 aliphatic carbocycles. The van der Waals surface area contributed by atoms with Gasteiger partial charge in [-0.25, -0.2) is 9.37 Å². The molecule has 3 rings (SSSR count). The van der Waals surface area contributed by atoms with E-state index < -0.39 is 0 Å². The Morgan fingerprint density at radius 2 is 1.88 bits per heavy atom. The number of halogens is 1. The van der Waals surface area contributed by atoms with E-state index >= 15 is 0 Å². The Labute approximate surface area is 143 Å². The number of thioether (sulfide) groups is 1. The fourth-order valence-corrected chi connectivity index (χ4v) is 2.91. The van der Waals surface area contributed by atoms with Gasteiger partial charge in [0.15, 0.2) is 0 Å². The standard InChI is InChI=1S/C18H15FN2O2S/c1-13(22)23-12-24-17-8-6-16(7-9-17)21-11-20-10-18(21)14-2-4-15(19)5-3-14/h2-11H,12H2,1H3. The van der Waals surface area contributed by atoms with Crippen LogP contribution in [0.3, 0.4) is 0 Å². The topological polar surface area (TPSA) is 44.1 Å². The van der Waals surface area contributed by atoms with Gasteiger partial charge in [0, 0.05) is 23.1 Å². The van der Waals surface area contributed by atoms with Gasteiger partial charge in [0.2, 0.25) is 0 Å². The molecule has 0 spiro atoms. The lowest BCUT2D eigenvalue weighted by atomic mass is 10.1. The minimum atomic E-state index is -0.290. The van der Waals surface area contributed by atoms with Gasteiger partial charge < -0.3 is 4.74 Å². The van der Waals surface area contributed by atoms with Crippen molar-refractivity contribution >= 4 is 17.7 Å². The number of rotatable bonds is 5. The van der Waals surface area contributed by atoms with Crippen LogP contribution in [-0.4, -0.2) is 21.5 Å². The fourth-order valence-electron chi connectivity index (χ4n) is 2.22. The molecule has 3 aromatic rings. The number of carbonyl (C=O) groups excluding carboxylic acids is 1. The normalized spacial score (nSPS) is 10.6. The van der Waals surface area contributed by atoms with Gasteiger partial charge >= 0.3 is 5.97 Å². The quantitative estimate of drug-likeness (QED) is 0.394. The molecule has 0 atom stereocenters. The fraction of sp³-hybridized carbons (Fsp3) is 0.111. The van der Waals surface area contributed by atoms with E-state index in [1.54, 1.807) is 24.7 Å². The predicted octanol–water partition coefficient (Wildman–Crippen LogP) is 4.29. The van der Waals surface area contributed by atoms with E-state index in [0.717, 1.165) is 21.8 Å². The number of hydrogen-bond acceptors (Lipinski definition) is 4. The lowest BCUT2D eigenvalue weighted by Crippen LogP contribution is -1.97.